The molecule has 0 aliphatic heterocycles. The van der Waals surface area contributed by atoms with Gasteiger partial charge in [-0.15, -0.1) is 21.5 Å². The van der Waals surface area contributed by atoms with Crippen LogP contribution in [0.4, 0.5) is 5.13 Å². The number of amides is 1. The number of hydrogen-bond donors (Lipinski definition) is 1. The molecule has 0 aliphatic carbocycles. The Labute approximate surface area is 164 Å². The van der Waals surface area contributed by atoms with Crippen LogP contribution in [0.15, 0.2) is 77.4 Å². The first-order valence-electron chi connectivity index (χ1n) is 8.19. The summed E-state index contributed by atoms with van der Waals surface area (Å²) in [5, 5.41) is 14.5. The fourth-order valence-electron chi connectivity index (χ4n) is 2.52. The Morgan fingerprint density at radius 2 is 1.78 bits per heavy atom. The molecule has 6 nitrogen and oxygen atoms in total. The number of rotatable bonds is 6. The molecule has 1 amide bonds. The predicted octanol–water partition coefficient (Wildman–Crippen LogP) is 4.12. The molecule has 0 aliphatic rings. The molecular weight excluding hydrogens is 378 g/mol. The summed E-state index contributed by atoms with van der Waals surface area (Å²) in [6.45, 7) is 0. The minimum Gasteiger partial charge on any atom is -0.301 e. The number of anilines is 1. The van der Waals surface area contributed by atoms with Crippen LogP contribution in [0.1, 0.15) is 0 Å². The first-order chi connectivity index (χ1) is 13.3. The maximum Gasteiger partial charge on any atom is 0.236 e. The SMILES string of the molecule is O=C(CSc1nnc(-c2ccccc2)n1-c1ccccc1)Nc1nccs1. The third-order valence-corrected chi connectivity index (χ3v) is 5.31. The van der Waals surface area contributed by atoms with Crippen LogP contribution in [0, 0.1) is 0 Å². The predicted molar refractivity (Wildman–Crippen MR) is 108 cm³/mol. The maximum absolute atomic E-state index is 12.2. The minimum absolute atomic E-state index is 0.126. The van der Waals surface area contributed by atoms with E-state index in [2.05, 4.69) is 20.5 Å². The van der Waals surface area contributed by atoms with Crippen LogP contribution < -0.4 is 5.32 Å². The monoisotopic (exact) mass is 393 g/mol. The van der Waals surface area contributed by atoms with Crippen LogP contribution in [-0.2, 0) is 4.79 Å². The van der Waals surface area contributed by atoms with Crippen molar-refractivity contribution in [1.82, 2.24) is 19.7 Å². The fraction of sp³-hybridized carbons (Fsp3) is 0.0526. The van der Waals surface area contributed by atoms with Gasteiger partial charge in [0.2, 0.25) is 5.91 Å². The molecule has 0 saturated carbocycles. The highest BCUT2D eigenvalue weighted by Crippen LogP contribution is 2.27. The summed E-state index contributed by atoms with van der Waals surface area (Å²) in [5.74, 6) is 0.836. The van der Waals surface area contributed by atoms with E-state index >= 15 is 0 Å². The molecule has 8 heteroatoms. The second-order valence-corrected chi connectivity index (χ2v) is 7.35. The van der Waals surface area contributed by atoms with Crippen LogP contribution in [0.2, 0.25) is 0 Å². The number of thioether (sulfide) groups is 1. The Morgan fingerprint density at radius 3 is 2.48 bits per heavy atom. The lowest BCUT2D eigenvalue weighted by Crippen LogP contribution is -2.14. The number of hydrogen-bond acceptors (Lipinski definition) is 6. The number of carbonyl (C=O) groups is 1. The molecule has 0 unspecified atom stereocenters. The number of nitrogens with zero attached hydrogens (tertiary/aromatic N) is 4. The number of para-hydroxylation sites is 1. The third kappa shape index (κ3) is 4.07. The third-order valence-electron chi connectivity index (χ3n) is 3.69. The Balaban J connectivity index is 1.61. The number of thiazole rings is 1. The Bertz CT molecular complexity index is 1020. The molecule has 134 valence electrons. The molecule has 0 bridgehead atoms. The summed E-state index contributed by atoms with van der Waals surface area (Å²) >= 11 is 2.73. The summed E-state index contributed by atoms with van der Waals surface area (Å²) < 4.78 is 1.97. The normalized spacial score (nSPS) is 10.7. The van der Waals surface area contributed by atoms with Crippen molar-refractivity contribution in [3.8, 4) is 17.1 Å². The van der Waals surface area contributed by atoms with Crippen LogP contribution in [-0.4, -0.2) is 31.4 Å². The van der Waals surface area contributed by atoms with E-state index in [9.17, 15) is 4.79 Å². The Hall–Kier alpha value is -2.97. The Morgan fingerprint density at radius 1 is 1.04 bits per heavy atom. The lowest BCUT2D eigenvalue weighted by Gasteiger charge is -2.10. The molecule has 0 atom stereocenters. The van der Waals surface area contributed by atoms with Gasteiger partial charge in [0.1, 0.15) is 0 Å². The van der Waals surface area contributed by atoms with Crippen LogP contribution in [0.3, 0.4) is 0 Å². The molecule has 0 fully saturated rings. The molecule has 2 heterocycles. The quantitative estimate of drug-likeness (QED) is 0.499. The van der Waals surface area contributed by atoms with Gasteiger partial charge in [0.05, 0.1) is 5.75 Å². The zero-order valence-electron chi connectivity index (χ0n) is 14.1. The number of nitrogens with one attached hydrogen (secondary N) is 1. The van der Waals surface area contributed by atoms with E-state index < -0.39 is 0 Å². The Kier molecular flexibility index (Phi) is 5.27. The van der Waals surface area contributed by atoms with E-state index in [0.717, 1.165) is 17.1 Å². The van der Waals surface area contributed by atoms with Crippen molar-refractivity contribution in [2.24, 2.45) is 0 Å². The zero-order valence-corrected chi connectivity index (χ0v) is 15.8. The van der Waals surface area contributed by atoms with E-state index in [0.29, 0.717) is 10.3 Å². The van der Waals surface area contributed by atoms with Gasteiger partial charge in [-0.05, 0) is 12.1 Å². The average molecular weight is 393 g/mol. The number of benzene rings is 2. The summed E-state index contributed by atoms with van der Waals surface area (Å²) in [5.41, 5.74) is 1.91. The fourth-order valence-corrected chi connectivity index (χ4v) is 3.82. The maximum atomic E-state index is 12.2. The molecule has 0 saturated heterocycles. The van der Waals surface area contributed by atoms with Crippen molar-refractivity contribution in [3.63, 3.8) is 0 Å². The van der Waals surface area contributed by atoms with Crippen molar-refractivity contribution in [2.75, 3.05) is 11.1 Å². The van der Waals surface area contributed by atoms with Gasteiger partial charge in [-0.2, -0.15) is 0 Å². The van der Waals surface area contributed by atoms with Gasteiger partial charge in [-0.3, -0.25) is 9.36 Å². The van der Waals surface area contributed by atoms with Gasteiger partial charge >= 0.3 is 0 Å². The van der Waals surface area contributed by atoms with E-state index in [1.807, 2.05) is 70.6 Å². The molecule has 2 aromatic heterocycles. The smallest absolute Gasteiger partial charge is 0.236 e. The molecular formula is C19H15N5OS2. The van der Waals surface area contributed by atoms with Crippen molar-refractivity contribution < 1.29 is 4.79 Å². The molecule has 27 heavy (non-hydrogen) atoms. The molecule has 4 rings (SSSR count). The van der Waals surface area contributed by atoms with Gasteiger partial charge < -0.3 is 5.32 Å². The van der Waals surface area contributed by atoms with Crippen LogP contribution in [0.25, 0.3) is 17.1 Å². The van der Waals surface area contributed by atoms with Crippen molar-refractivity contribution >= 4 is 34.1 Å². The topological polar surface area (TPSA) is 72.7 Å². The minimum atomic E-state index is -0.126. The first-order valence-corrected chi connectivity index (χ1v) is 10.1. The van der Waals surface area contributed by atoms with Gasteiger partial charge in [0.15, 0.2) is 16.1 Å². The second kappa shape index (κ2) is 8.15. The number of aromatic nitrogens is 4. The average Bonchev–Trinajstić information content (AvgIpc) is 3.37. The van der Waals surface area contributed by atoms with E-state index in [-0.39, 0.29) is 11.7 Å². The zero-order chi connectivity index (χ0) is 18.5. The molecule has 4 aromatic rings. The van der Waals surface area contributed by atoms with Crippen LogP contribution in [0.5, 0.6) is 0 Å². The van der Waals surface area contributed by atoms with Crippen molar-refractivity contribution in [3.05, 3.63) is 72.2 Å². The van der Waals surface area contributed by atoms with E-state index in [4.69, 9.17) is 0 Å². The largest absolute Gasteiger partial charge is 0.301 e. The summed E-state index contributed by atoms with van der Waals surface area (Å²) in [6, 6.07) is 19.8. The van der Waals surface area contributed by atoms with Crippen molar-refractivity contribution in [2.45, 2.75) is 5.16 Å². The molecule has 0 radical (unpaired) electrons. The van der Waals surface area contributed by atoms with E-state index in [1.165, 1.54) is 23.1 Å². The van der Waals surface area contributed by atoms with Gasteiger partial charge in [-0.25, -0.2) is 4.98 Å². The lowest BCUT2D eigenvalue weighted by molar-refractivity contribution is -0.113. The van der Waals surface area contributed by atoms with Crippen LogP contribution >= 0.6 is 23.1 Å². The first kappa shape index (κ1) is 17.4. The summed E-state index contributed by atoms with van der Waals surface area (Å²) in [7, 11) is 0. The van der Waals surface area contributed by atoms with Gasteiger partial charge in [0.25, 0.3) is 0 Å². The standard InChI is InChI=1S/C19H15N5OS2/c25-16(21-18-20-11-12-26-18)13-27-19-23-22-17(14-7-3-1-4-8-14)24(19)15-9-5-2-6-10-15/h1-12H,13H2,(H,20,21,25). The van der Waals surface area contributed by atoms with E-state index in [1.54, 1.807) is 6.20 Å². The molecule has 1 N–H and O–H groups in total. The van der Waals surface area contributed by atoms with Crippen molar-refractivity contribution in [1.29, 1.82) is 0 Å². The highest BCUT2D eigenvalue weighted by molar-refractivity contribution is 7.99. The second-order valence-electron chi connectivity index (χ2n) is 5.52. The highest BCUT2D eigenvalue weighted by atomic mass is 32.2. The number of carbonyl (C=O) groups excluding carboxylic acids is 1. The summed E-state index contributed by atoms with van der Waals surface area (Å²) in [4.78, 5) is 16.2. The molecule has 0 spiro atoms. The lowest BCUT2D eigenvalue weighted by atomic mass is 10.2. The van der Waals surface area contributed by atoms with Gasteiger partial charge in [0, 0.05) is 22.8 Å². The van der Waals surface area contributed by atoms with Gasteiger partial charge in [-0.1, -0.05) is 60.3 Å². The highest BCUT2D eigenvalue weighted by Gasteiger charge is 2.17. The summed E-state index contributed by atoms with van der Waals surface area (Å²) in [6.07, 6.45) is 1.66. The molecule has 2 aromatic carbocycles.